The molecule has 118 valence electrons. The lowest BCUT2D eigenvalue weighted by atomic mass is 10.1. The van der Waals surface area contributed by atoms with Crippen LogP contribution < -0.4 is 11.1 Å². The van der Waals surface area contributed by atoms with Crippen LogP contribution in [-0.2, 0) is 6.54 Å². The van der Waals surface area contributed by atoms with Crippen LogP contribution >= 0.6 is 28.7 Å². The smallest absolute Gasteiger partial charge is 0.314 e. The monoisotopic (exact) mass is 388 g/mol. The highest BCUT2D eigenvalue weighted by Gasteiger charge is 2.18. The molecule has 0 saturated carbocycles. The highest BCUT2D eigenvalue weighted by atomic mass is 79.9. The molecule has 1 fully saturated rings. The van der Waals surface area contributed by atoms with E-state index in [1.54, 1.807) is 11.8 Å². The van der Waals surface area contributed by atoms with E-state index in [-0.39, 0.29) is 28.2 Å². The van der Waals surface area contributed by atoms with Gasteiger partial charge in [-0.3, -0.25) is 24.6 Å². The quantitative estimate of drug-likeness (QED) is 0.464. The fourth-order valence-electron chi connectivity index (χ4n) is 2.33. The topological polar surface area (TPSA) is 112 Å². The Balaban J connectivity index is 0.00000176. The minimum Gasteiger partial charge on any atom is -0.316 e. The van der Waals surface area contributed by atoms with Gasteiger partial charge in [0.1, 0.15) is 0 Å². The number of non-ortho nitro benzene ring substituents is 1. The summed E-state index contributed by atoms with van der Waals surface area (Å²) in [5, 5.41) is 11.0. The molecule has 1 aromatic heterocycles. The Morgan fingerprint density at radius 3 is 2.64 bits per heavy atom. The summed E-state index contributed by atoms with van der Waals surface area (Å²) >= 11 is 1.79. The Morgan fingerprint density at radius 1 is 1.27 bits per heavy atom. The molecule has 0 aliphatic carbocycles. The van der Waals surface area contributed by atoms with Gasteiger partial charge in [-0.1, -0.05) is 0 Å². The maximum absolute atomic E-state index is 11.5. The maximum Gasteiger partial charge on any atom is 0.314 e. The number of hydrogen-bond donors (Lipinski definition) is 2. The molecule has 3 rings (SSSR count). The van der Waals surface area contributed by atoms with E-state index in [1.807, 2.05) is 0 Å². The second-order valence-electron chi connectivity index (χ2n) is 4.78. The van der Waals surface area contributed by atoms with Crippen molar-refractivity contribution in [3.63, 3.8) is 0 Å². The van der Waals surface area contributed by atoms with E-state index in [9.17, 15) is 19.7 Å². The molecule has 2 heterocycles. The zero-order chi connectivity index (χ0) is 15.0. The van der Waals surface area contributed by atoms with Gasteiger partial charge in [0.15, 0.2) is 0 Å². The van der Waals surface area contributed by atoms with Gasteiger partial charge in [0, 0.05) is 36.9 Å². The Labute approximate surface area is 138 Å². The van der Waals surface area contributed by atoms with Crippen molar-refractivity contribution < 1.29 is 4.92 Å². The van der Waals surface area contributed by atoms with Gasteiger partial charge in [-0.2, -0.15) is 0 Å². The molecule has 0 radical (unpaired) electrons. The molecule has 1 aliphatic rings. The van der Waals surface area contributed by atoms with Crippen LogP contribution in [0.5, 0.6) is 0 Å². The molecule has 0 atom stereocenters. The van der Waals surface area contributed by atoms with Gasteiger partial charge in [0.05, 0.1) is 16.0 Å². The Kier molecular flexibility index (Phi) is 5.04. The molecule has 2 N–H and O–H groups in total. The molecule has 2 aromatic rings. The SMILES string of the molecule is Br.O=c1[nH]c2cc([N+](=O)[O-])cc(CN3CCSC3)c2[nH]c1=O. The summed E-state index contributed by atoms with van der Waals surface area (Å²) in [6.07, 6.45) is 0. The highest BCUT2D eigenvalue weighted by molar-refractivity contribution is 8.93. The molecule has 10 heteroatoms. The number of fused-ring (bicyclic) bond motifs is 1. The summed E-state index contributed by atoms with van der Waals surface area (Å²) in [5.74, 6) is 1.86. The third kappa shape index (κ3) is 3.23. The van der Waals surface area contributed by atoms with Gasteiger partial charge in [-0.15, -0.1) is 28.7 Å². The lowest BCUT2D eigenvalue weighted by Gasteiger charge is -2.15. The fourth-order valence-corrected chi connectivity index (χ4v) is 3.32. The van der Waals surface area contributed by atoms with Gasteiger partial charge < -0.3 is 9.97 Å². The number of aromatic amines is 2. The molecule has 1 aromatic carbocycles. The number of H-pyrrole nitrogens is 2. The number of halogens is 1. The van der Waals surface area contributed by atoms with E-state index >= 15 is 0 Å². The van der Waals surface area contributed by atoms with E-state index in [4.69, 9.17) is 0 Å². The van der Waals surface area contributed by atoms with Crippen LogP contribution in [0.3, 0.4) is 0 Å². The zero-order valence-electron chi connectivity index (χ0n) is 11.3. The summed E-state index contributed by atoms with van der Waals surface area (Å²) in [4.78, 5) is 40.4. The lowest BCUT2D eigenvalue weighted by molar-refractivity contribution is -0.384. The Morgan fingerprint density at radius 2 is 2.00 bits per heavy atom. The Hall–Kier alpha value is -1.65. The van der Waals surface area contributed by atoms with Crippen molar-refractivity contribution in [1.82, 2.24) is 14.9 Å². The van der Waals surface area contributed by atoms with E-state index in [0.29, 0.717) is 17.6 Å². The first-order valence-electron chi connectivity index (χ1n) is 6.28. The molecule has 1 saturated heterocycles. The second-order valence-corrected chi connectivity index (χ2v) is 5.86. The lowest BCUT2D eigenvalue weighted by Crippen LogP contribution is -2.29. The normalized spacial score (nSPS) is 14.9. The van der Waals surface area contributed by atoms with Gasteiger partial charge in [0.25, 0.3) is 5.69 Å². The highest BCUT2D eigenvalue weighted by Crippen LogP contribution is 2.24. The van der Waals surface area contributed by atoms with Crippen LogP contribution in [0.2, 0.25) is 0 Å². The number of nitro groups is 1. The number of nitrogens with one attached hydrogen (secondary N) is 2. The van der Waals surface area contributed by atoms with Crippen LogP contribution in [0, 0.1) is 10.1 Å². The van der Waals surface area contributed by atoms with Crippen molar-refractivity contribution in [3.8, 4) is 0 Å². The molecule has 0 bridgehead atoms. The molecule has 0 spiro atoms. The van der Waals surface area contributed by atoms with Crippen LogP contribution in [0.25, 0.3) is 11.0 Å². The minimum atomic E-state index is -0.814. The number of nitrogens with zero attached hydrogens (tertiary/aromatic N) is 2. The average molecular weight is 389 g/mol. The van der Waals surface area contributed by atoms with Crippen molar-refractivity contribution in [2.45, 2.75) is 6.54 Å². The molecular formula is C12H13BrN4O4S. The van der Waals surface area contributed by atoms with Crippen molar-refractivity contribution >= 4 is 45.5 Å². The van der Waals surface area contributed by atoms with E-state index in [2.05, 4.69) is 14.9 Å². The molecule has 1 aliphatic heterocycles. The Bertz CT molecular complexity index is 828. The van der Waals surface area contributed by atoms with Crippen molar-refractivity contribution in [2.75, 3.05) is 18.2 Å². The number of aromatic nitrogens is 2. The van der Waals surface area contributed by atoms with Crippen LogP contribution in [-0.4, -0.2) is 38.0 Å². The number of nitro benzene ring substituents is 1. The third-order valence-corrected chi connectivity index (χ3v) is 4.35. The first-order valence-corrected chi connectivity index (χ1v) is 7.44. The molecule has 0 amide bonds. The average Bonchev–Trinajstić information content (AvgIpc) is 2.93. The van der Waals surface area contributed by atoms with Gasteiger partial charge in [-0.25, -0.2) is 0 Å². The number of hydrogen-bond acceptors (Lipinski definition) is 6. The van der Waals surface area contributed by atoms with Crippen LogP contribution in [0.15, 0.2) is 21.7 Å². The predicted octanol–water partition coefficient (Wildman–Crippen LogP) is 1.21. The van der Waals surface area contributed by atoms with E-state index < -0.39 is 16.0 Å². The largest absolute Gasteiger partial charge is 0.316 e. The summed E-state index contributed by atoms with van der Waals surface area (Å²) < 4.78 is 0. The second kappa shape index (κ2) is 6.63. The van der Waals surface area contributed by atoms with Gasteiger partial charge in [0.2, 0.25) is 0 Å². The summed E-state index contributed by atoms with van der Waals surface area (Å²) in [5.41, 5.74) is -0.320. The molecule has 0 unspecified atom stereocenters. The van der Waals surface area contributed by atoms with Crippen LogP contribution in [0.1, 0.15) is 5.56 Å². The molecular weight excluding hydrogens is 376 g/mol. The van der Waals surface area contributed by atoms with Gasteiger partial charge in [-0.05, 0) is 5.56 Å². The summed E-state index contributed by atoms with van der Waals surface area (Å²) in [6.45, 7) is 1.38. The minimum absolute atomic E-state index is 0. The maximum atomic E-state index is 11.5. The molecule has 22 heavy (non-hydrogen) atoms. The van der Waals surface area contributed by atoms with Crippen molar-refractivity contribution in [1.29, 1.82) is 0 Å². The first-order chi connectivity index (χ1) is 10.0. The van der Waals surface area contributed by atoms with E-state index in [0.717, 1.165) is 18.2 Å². The third-order valence-electron chi connectivity index (χ3n) is 3.33. The number of thioether (sulfide) groups is 1. The van der Waals surface area contributed by atoms with Crippen molar-refractivity contribution in [2.24, 2.45) is 0 Å². The zero-order valence-corrected chi connectivity index (χ0v) is 13.9. The van der Waals surface area contributed by atoms with Crippen LogP contribution in [0.4, 0.5) is 5.69 Å². The summed E-state index contributed by atoms with van der Waals surface area (Å²) in [6, 6.07) is 2.70. The van der Waals surface area contributed by atoms with Crippen molar-refractivity contribution in [3.05, 3.63) is 48.5 Å². The predicted molar refractivity (Wildman–Crippen MR) is 89.9 cm³/mol. The van der Waals surface area contributed by atoms with Gasteiger partial charge >= 0.3 is 11.1 Å². The van der Waals surface area contributed by atoms with E-state index in [1.165, 1.54) is 12.1 Å². The number of rotatable bonds is 3. The first kappa shape index (κ1) is 16.7. The fraction of sp³-hybridized carbons (Fsp3) is 0.333. The standard InChI is InChI=1S/C12H12N4O4S.BrH/c17-11-12(18)14-10-7(5-15-1-2-21-6-15)3-8(16(19)20)4-9(10)13-11;/h3-4H,1-2,5-6H2,(H,13,17)(H,14,18);1H. The molecule has 8 nitrogen and oxygen atoms in total. The number of benzene rings is 1. The summed E-state index contributed by atoms with van der Waals surface area (Å²) in [7, 11) is 0.